The Labute approximate surface area is 197 Å². The zero-order chi connectivity index (χ0) is 23.7. The Morgan fingerprint density at radius 3 is 2.65 bits per heavy atom. The summed E-state index contributed by atoms with van der Waals surface area (Å²) in [6.45, 7) is 0.446. The Kier molecular flexibility index (Phi) is 5.56. The van der Waals surface area contributed by atoms with Crippen LogP contribution in [0.1, 0.15) is 25.6 Å². The Hall–Kier alpha value is -4.44. The van der Waals surface area contributed by atoms with Crippen LogP contribution in [0.3, 0.4) is 0 Å². The monoisotopic (exact) mass is 475 g/mol. The number of para-hydroxylation sites is 1. The highest BCUT2D eigenvalue weighted by atomic mass is 32.1. The van der Waals surface area contributed by atoms with E-state index in [2.05, 4.69) is 10.6 Å². The lowest BCUT2D eigenvalue weighted by molar-refractivity contribution is -0.384. The molecule has 3 aromatic carbocycles. The van der Waals surface area contributed by atoms with Gasteiger partial charge in [0.2, 0.25) is 6.79 Å². The number of ether oxygens (including phenoxy) is 2. The maximum Gasteiger partial charge on any atom is 0.270 e. The van der Waals surface area contributed by atoms with E-state index in [1.165, 1.54) is 23.5 Å². The summed E-state index contributed by atoms with van der Waals surface area (Å²) < 4.78 is 11.4. The van der Waals surface area contributed by atoms with E-state index in [-0.39, 0.29) is 24.9 Å². The van der Waals surface area contributed by atoms with E-state index in [1.807, 2.05) is 12.1 Å². The molecule has 1 aliphatic heterocycles. The third-order valence-corrected chi connectivity index (χ3v) is 6.36. The molecule has 0 unspecified atom stereocenters. The minimum absolute atomic E-state index is 0.0401. The predicted octanol–water partition coefficient (Wildman–Crippen LogP) is 4.72. The number of fused-ring (bicyclic) bond motifs is 2. The van der Waals surface area contributed by atoms with Crippen LogP contribution in [-0.4, -0.2) is 23.5 Å². The van der Waals surface area contributed by atoms with Crippen molar-refractivity contribution in [3.05, 3.63) is 92.8 Å². The van der Waals surface area contributed by atoms with Gasteiger partial charge in [0.25, 0.3) is 17.5 Å². The molecule has 1 aromatic heterocycles. The van der Waals surface area contributed by atoms with E-state index in [0.717, 1.165) is 10.3 Å². The van der Waals surface area contributed by atoms with Gasteiger partial charge in [-0.05, 0) is 42.0 Å². The van der Waals surface area contributed by atoms with Crippen molar-refractivity contribution in [3.8, 4) is 11.5 Å². The number of nitrogens with one attached hydrogen (secondary N) is 2. The number of carbonyl (C=O) groups is 2. The molecule has 5 rings (SSSR count). The summed E-state index contributed by atoms with van der Waals surface area (Å²) >= 11 is 1.22. The van der Waals surface area contributed by atoms with Crippen molar-refractivity contribution in [1.29, 1.82) is 0 Å². The van der Waals surface area contributed by atoms with Gasteiger partial charge in [-0.15, -0.1) is 11.3 Å². The second-order valence-corrected chi connectivity index (χ2v) is 8.54. The minimum atomic E-state index is -0.477. The molecule has 9 nitrogen and oxygen atoms in total. The van der Waals surface area contributed by atoms with E-state index >= 15 is 0 Å². The lowest BCUT2D eigenvalue weighted by atomic mass is 10.1. The molecule has 2 heterocycles. The first kappa shape index (κ1) is 21.4. The smallest absolute Gasteiger partial charge is 0.270 e. The number of hydrogen-bond acceptors (Lipinski definition) is 7. The van der Waals surface area contributed by atoms with Gasteiger partial charge in [-0.3, -0.25) is 19.7 Å². The van der Waals surface area contributed by atoms with Gasteiger partial charge in [0.05, 0.1) is 21.1 Å². The fourth-order valence-corrected chi connectivity index (χ4v) is 4.50. The standard InChI is InChI=1S/C24H17N3O6S/c28-23(25-12-14-5-7-19-20(9-14)33-13-32-19)17-3-1-2-4-18(17)26-24(29)22-11-15-10-16(27(30)31)6-8-21(15)34-22/h1-11H,12-13H2,(H,25,28)(H,26,29). The van der Waals surface area contributed by atoms with Gasteiger partial charge >= 0.3 is 0 Å². The van der Waals surface area contributed by atoms with E-state index in [9.17, 15) is 19.7 Å². The molecule has 0 saturated carbocycles. The number of benzene rings is 3. The summed E-state index contributed by atoms with van der Waals surface area (Å²) in [6, 6.07) is 18.2. The lowest BCUT2D eigenvalue weighted by Gasteiger charge is -2.11. The summed E-state index contributed by atoms with van der Waals surface area (Å²) in [6.07, 6.45) is 0. The molecule has 1 aliphatic rings. The molecular formula is C24H17N3O6S. The molecule has 0 bridgehead atoms. The number of hydrogen-bond donors (Lipinski definition) is 2. The van der Waals surface area contributed by atoms with Crippen LogP contribution in [-0.2, 0) is 6.54 Å². The molecule has 0 spiro atoms. The Morgan fingerprint density at radius 1 is 0.971 bits per heavy atom. The van der Waals surface area contributed by atoms with E-state index in [0.29, 0.717) is 33.0 Å². The lowest BCUT2D eigenvalue weighted by Crippen LogP contribution is -2.24. The zero-order valence-electron chi connectivity index (χ0n) is 17.6. The summed E-state index contributed by atoms with van der Waals surface area (Å²) in [5.74, 6) is 0.549. The first-order valence-electron chi connectivity index (χ1n) is 10.2. The fraction of sp³-hybridized carbons (Fsp3) is 0.0833. The van der Waals surface area contributed by atoms with Crippen molar-refractivity contribution >= 4 is 44.6 Å². The number of amides is 2. The highest BCUT2D eigenvalue weighted by Crippen LogP contribution is 2.33. The third-order valence-electron chi connectivity index (χ3n) is 5.24. The third kappa shape index (κ3) is 4.26. The molecule has 0 atom stereocenters. The molecule has 10 heteroatoms. The van der Waals surface area contributed by atoms with Crippen molar-refractivity contribution < 1.29 is 24.0 Å². The number of carbonyl (C=O) groups excluding carboxylic acids is 2. The maximum absolute atomic E-state index is 12.9. The highest BCUT2D eigenvalue weighted by Gasteiger charge is 2.18. The van der Waals surface area contributed by atoms with Crippen LogP contribution in [0.4, 0.5) is 11.4 Å². The summed E-state index contributed by atoms with van der Waals surface area (Å²) in [7, 11) is 0. The molecule has 2 amide bonds. The largest absolute Gasteiger partial charge is 0.454 e. The molecule has 4 aromatic rings. The molecule has 0 fully saturated rings. The number of anilines is 1. The second-order valence-electron chi connectivity index (χ2n) is 7.46. The number of non-ortho nitro benzene ring substituents is 1. The Bertz CT molecular complexity index is 1450. The summed E-state index contributed by atoms with van der Waals surface area (Å²) in [4.78, 5) is 36.6. The van der Waals surface area contributed by atoms with Gasteiger partial charge in [0.15, 0.2) is 11.5 Å². The van der Waals surface area contributed by atoms with Crippen molar-refractivity contribution in [3.63, 3.8) is 0 Å². The van der Waals surface area contributed by atoms with Crippen LogP contribution < -0.4 is 20.1 Å². The number of nitro benzene ring substituents is 1. The van der Waals surface area contributed by atoms with Gasteiger partial charge < -0.3 is 20.1 Å². The van der Waals surface area contributed by atoms with Crippen molar-refractivity contribution in [2.24, 2.45) is 0 Å². The van der Waals surface area contributed by atoms with Crippen molar-refractivity contribution in [1.82, 2.24) is 5.32 Å². The average Bonchev–Trinajstić information content (AvgIpc) is 3.49. The van der Waals surface area contributed by atoms with E-state index < -0.39 is 10.8 Å². The molecule has 2 N–H and O–H groups in total. The number of nitro groups is 1. The van der Waals surface area contributed by atoms with Gasteiger partial charge in [-0.25, -0.2) is 0 Å². The fourth-order valence-electron chi connectivity index (χ4n) is 3.56. The van der Waals surface area contributed by atoms with Crippen LogP contribution >= 0.6 is 11.3 Å². The van der Waals surface area contributed by atoms with Crippen LogP contribution in [0.5, 0.6) is 11.5 Å². The quantitative estimate of drug-likeness (QED) is 0.308. The topological polar surface area (TPSA) is 120 Å². The molecule has 0 aliphatic carbocycles. The first-order valence-corrected chi connectivity index (χ1v) is 11.0. The number of rotatable bonds is 6. The van der Waals surface area contributed by atoms with Crippen LogP contribution in [0.25, 0.3) is 10.1 Å². The van der Waals surface area contributed by atoms with E-state index in [1.54, 1.807) is 42.5 Å². The average molecular weight is 475 g/mol. The van der Waals surface area contributed by atoms with Gasteiger partial charge in [-0.1, -0.05) is 18.2 Å². The first-order chi connectivity index (χ1) is 16.5. The molecule has 34 heavy (non-hydrogen) atoms. The Balaban J connectivity index is 1.30. The van der Waals surface area contributed by atoms with Crippen LogP contribution in [0, 0.1) is 10.1 Å². The number of thiophene rings is 1. The maximum atomic E-state index is 12.9. The SMILES string of the molecule is O=C(Nc1ccccc1C(=O)NCc1ccc2c(c1)OCO2)c1cc2cc([N+](=O)[O-])ccc2s1. The summed E-state index contributed by atoms with van der Waals surface area (Å²) in [5, 5.41) is 17.2. The van der Waals surface area contributed by atoms with E-state index in [4.69, 9.17) is 9.47 Å². The van der Waals surface area contributed by atoms with Crippen LogP contribution in [0.2, 0.25) is 0 Å². The van der Waals surface area contributed by atoms with Gasteiger partial charge in [0, 0.05) is 28.8 Å². The Morgan fingerprint density at radius 2 is 1.79 bits per heavy atom. The molecule has 170 valence electrons. The predicted molar refractivity (Wildman–Crippen MR) is 127 cm³/mol. The normalized spacial score (nSPS) is 11.9. The van der Waals surface area contributed by atoms with Crippen molar-refractivity contribution in [2.75, 3.05) is 12.1 Å². The minimum Gasteiger partial charge on any atom is -0.454 e. The second kappa shape index (κ2) is 8.83. The molecule has 0 saturated heterocycles. The number of nitrogens with zero attached hydrogens (tertiary/aromatic N) is 1. The van der Waals surface area contributed by atoms with Gasteiger partial charge in [0.1, 0.15) is 0 Å². The van der Waals surface area contributed by atoms with Crippen LogP contribution in [0.15, 0.2) is 66.7 Å². The zero-order valence-corrected chi connectivity index (χ0v) is 18.4. The molecule has 0 radical (unpaired) electrons. The highest BCUT2D eigenvalue weighted by molar-refractivity contribution is 7.20. The molecular weight excluding hydrogens is 458 g/mol. The van der Waals surface area contributed by atoms with Gasteiger partial charge in [-0.2, -0.15) is 0 Å². The van der Waals surface area contributed by atoms with Crippen molar-refractivity contribution in [2.45, 2.75) is 6.54 Å². The summed E-state index contributed by atoms with van der Waals surface area (Å²) in [5.41, 5.74) is 1.48.